The molecule has 32 heavy (non-hydrogen) atoms. The van der Waals surface area contributed by atoms with E-state index in [2.05, 4.69) is 10.3 Å². The van der Waals surface area contributed by atoms with Gasteiger partial charge in [0.15, 0.2) is 16.6 Å². The molecule has 2 aliphatic heterocycles. The summed E-state index contributed by atoms with van der Waals surface area (Å²) in [4.78, 5) is 17.2. The van der Waals surface area contributed by atoms with E-state index in [1.807, 2.05) is 23.6 Å². The van der Waals surface area contributed by atoms with Crippen LogP contribution in [0.1, 0.15) is 12.8 Å². The van der Waals surface area contributed by atoms with E-state index in [-0.39, 0.29) is 35.9 Å². The van der Waals surface area contributed by atoms with Gasteiger partial charge in [0.05, 0.1) is 10.0 Å². The van der Waals surface area contributed by atoms with Crippen molar-refractivity contribution >= 4 is 55.3 Å². The summed E-state index contributed by atoms with van der Waals surface area (Å²) < 4.78 is 38.3. The highest BCUT2D eigenvalue weighted by Gasteiger charge is 2.33. The van der Waals surface area contributed by atoms with Crippen LogP contribution in [0.15, 0.2) is 39.9 Å². The Balaban J connectivity index is 1.20. The zero-order valence-corrected chi connectivity index (χ0v) is 19.8. The molecule has 4 heterocycles. The van der Waals surface area contributed by atoms with Gasteiger partial charge in [-0.15, -0.1) is 22.7 Å². The molecule has 168 valence electrons. The predicted molar refractivity (Wildman–Crippen MR) is 123 cm³/mol. The second kappa shape index (κ2) is 8.64. The van der Waals surface area contributed by atoms with Crippen molar-refractivity contribution in [1.29, 1.82) is 0 Å². The molecule has 12 heteroatoms. The Kier molecular flexibility index (Phi) is 5.84. The quantitative estimate of drug-likeness (QED) is 0.548. The molecule has 0 aliphatic carbocycles. The number of carbonyl (C=O) groups excluding carboxylic acids is 1. The largest absolute Gasteiger partial charge is 0.454 e. The van der Waals surface area contributed by atoms with Crippen LogP contribution >= 0.6 is 34.3 Å². The number of nitrogens with zero attached hydrogens (tertiary/aromatic N) is 2. The number of aromatic nitrogens is 1. The van der Waals surface area contributed by atoms with Crippen LogP contribution in [0.5, 0.6) is 11.5 Å². The van der Waals surface area contributed by atoms with Crippen LogP contribution in [0.4, 0.5) is 5.13 Å². The van der Waals surface area contributed by atoms with Crippen molar-refractivity contribution in [3.8, 4) is 22.8 Å². The lowest BCUT2D eigenvalue weighted by atomic mass is 9.97. The van der Waals surface area contributed by atoms with Crippen molar-refractivity contribution in [3.05, 3.63) is 40.0 Å². The summed E-state index contributed by atoms with van der Waals surface area (Å²) in [5.41, 5.74) is 1.61. The maximum atomic E-state index is 12.7. The molecular weight excluding hydrogens is 494 g/mol. The van der Waals surface area contributed by atoms with Gasteiger partial charge in [0.2, 0.25) is 12.7 Å². The first-order chi connectivity index (χ1) is 15.4. The van der Waals surface area contributed by atoms with Gasteiger partial charge in [-0.1, -0.05) is 11.6 Å². The number of thiazole rings is 1. The Morgan fingerprint density at radius 3 is 2.69 bits per heavy atom. The smallest absolute Gasteiger partial charge is 0.252 e. The number of thiophene rings is 1. The monoisotopic (exact) mass is 511 g/mol. The molecule has 0 spiro atoms. The highest BCUT2D eigenvalue weighted by atomic mass is 35.5. The summed E-state index contributed by atoms with van der Waals surface area (Å²) in [5, 5.41) is 5.25. The number of carbonyl (C=O) groups is 1. The Hall–Kier alpha value is -2.18. The second-order valence-electron chi connectivity index (χ2n) is 7.33. The van der Waals surface area contributed by atoms with Gasteiger partial charge >= 0.3 is 0 Å². The SMILES string of the molecule is O=C(Nc1nc(-c2ccc3c(c2)OCO3)cs1)C1CCN(S(=O)(=O)c2ccc(Cl)s2)CC1. The third-order valence-electron chi connectivity index (χ3n) is 5.37. The van der Waals surface area contributed by atoms with E-state index >= 15 is 0 Å². The van der Waals surface area contributed by atoms with Crippen LogP contribution in [0.25, 0.3) is 11.3 Å². The Bertz CT molecular complexity index is 1270. The average Bonchev–Trinajstić information content (AvgIpc) is 3.54. The minimum Gasteiger partial charge on any atom is -0.454 e. The summed E-state index contributed by atoms with van der Waals surface area (Å²) in [5.74, 6) is 0.958. The van der Waals surface area contributed by atoms with Crippen molar-refractivity contribution in [2.45, 2.75) is 17.1 Å². The van der Waals surface area contributed by atoms with Crippen LogP contribution in [-0.2, 0) is 14.8 Å². The normalized spacial score (nSPS) is 16.9. The number of anilines is 1. The van der Waals surface area contributed by atoms with Gasteiger partial charge in [0, 0.05) is 30.0 Å². The standard InChI is InChI=1S/C20H18ClN3O5S3/c21-17-3-4-18(31-17)32(26,27)24-7-5-12(6-8-24)19(25)23-20-22-14(10-30-20)13-1-2-15-16(9-13)29-11-28-15/h1-4,9-10,12H,5-8,11H2,(H,22,23,25). The molecular formula is C20H18ClN3O5S3. The molecule has 1 N–H and O–H groups in total. The third kappa shape index (κ3) is 4.23. The summed E-state index contributed by atoms with van der Waals surface area (Å²) in [6.07, 6.45) is 0.898. The van der Waals surface area contributed by atoms with E-state index in [0.29, 0.717) is 33.8 Å². The van der Waals surface area contributed by atoms with Crippen molar-refractivity contribution < 1.29 is 22.7 Å². The molecule has 1 saturated heterocycles. The number of sulfonamides is 1. The van der Waals surface area contributed by atoms with Gasteiger partial charge in [-0.3, -0.25) is 4.79 Å². The van der Waals surface area contributed by atoms with Gasteiger partial charge in [-0.05, 0) is 43.2 Å². The molecule has 0 atom stereocenters. The molecule has 0 unspecified atom stereocenters. The van der Waals surface area contributed by atoms with E-state index in [1.165, 1.54) is 21.7 Å². The van der Waals surface area contributed by atoms with Crippen LogP contribution in [-0.4, -0.2) is 43.5 Å². The van der Waals surface area contributed by atoms with E-state index < -0.39 is 10.0 Å². The van der Waals surface area contributed by atoms with Gasteiger partial charge in [0.1, 0.15) is 4.21 Å². The predicted octanol–water partition coefficient (Wildman–Crippen LogP) is 4.29. The molecule has 1 aromatic carbocycles. The fraction of sp³-hybridized carbons (Fsp3) is 0.300. The first-order valence-electron chi connectivity index (χ1n) is 9.82. The number of halogens is 1. The molecule has 3 aromatic rings. The lowest BCUT2D eigenvalue weighted by Crippen LogP contribution is -2.41. The van der Waals surface area contributed by atoms with Crippen LogP contribution in [0.3, 0.4) is 0 Å². The zero-order valence-electron chi connectivity index (χ0n) is 16.6. The molecule has 1 fully saturated rings. The number of ether oxygens (including phenoxy) is 2. The van der Waals surface area contributed by atoms with E-state index in [9.17, 15) is 13.2 Å². The van der Waals surface area contributed by atoms with Crippen molar-refractivity contribution in [2.75, 3.05) is 25.2 Å². The van der Waals surface area contributed by atoms with Crippen LogP contribution in [0, 0.1) is 5.92 Å². The van der Waals surface area contributed by atoms with Gasteiger partial charge < -0.3 is 14.8 Å². The molecule has 0 radical (unpaired) electrons. The number of piperidine rings is 1. The minimum atomic E-state index is -3.57. The molecule has 2 aromatic heterocycles. The van der Waals surface area contributed by atoms with Crippen LogP contribution < -0.4 is 14.8 Å². The van der Waals surface area contributed by atoms with Gasteiger partial charge in [0.25, 0.3) is 10.0 Å². The molecule has 0 bridgehead atoms. The molecule has 5 rings (SSSR count). The summed E-state index contributed by atoms with van der Waals surface area (Å²) in [6.45, 7) is 0.783. The fourth-order valence-corrected chi connectivity index (χ4v) is 7.48. The summed E-state index contributed by atoms with van der Waals surface area (Å²) in [7, 11) is -3.57. The summed E-state index contributed by atoms with van der Waals surface area (Å²) in [6, 6.07) is 8.68. The maximum Gasteiger partial charge on any atom is 0.252 e. The maximum absolute atomic E-state index is 12.7. The Morgan fingerprint density at radius 1 is 1.16 bits per heavy atom. The number of hydrogen-bond donors (Lipinski definition) is 1. The molecule has 2 aliphatic rings. The number of rotatable bonds is 5. The molecule has 0 saturated carbocycles. The van der Waals surface area contributed by atoms with E-state index in [0.717, 1.165) is 22.6 Å². The number of amides is 1. The average molecular weight is 512 g/mol. The van der Waals surface area contributed by atoms with Crippen molar-refractivity contribution in [3.63, 3.8) is 0 Å². The minimum absolute atomic E-state index is 0.146. The van der Waals surface area contributed by atoms with Gasteiger partial charge in [-0.2, -0.15) is 4.31 Å². The fourth-order valence-electron chi connectivity index (χ4n) is 3.65. The Labute approximate surface area is 197 Å². The second-order valence-corrected chi connectivity index (χ2v) is 12.1. The van der Waals surface area contributed by atoms with Crippen LogP contribution in [0.2, 0.25) is 4.34 Å². The van der Waals surface area contributed by atoms with Gasteiger partial charge in [-0.25, -0.2) is 13.4 Å². The van der Waals surface area contributed by atoms with Crippen molar-refractivity contribution in [1.82, 2.24) is 9.29 Å². The summed E-state index contributed by atoms with van der Waals surface area (Å²) >= 11 is 8.26. The highest BCUT2D eigenvalue weighted by molar-refractivity contribution is 7.91. The topological polar surface area (TPSA) is 97.8 Å². The van der Waals surface area contributed by atoms with Crippen molar-refractivity contribution in [2.24, 2.45) is 5.92 Å². The Morgan fingerprint density at radius 2 is 1.94 bits per heavy atom. The lowest BCUT2D eigenvalue weighted by Gasteiger charge is -2.29. The molecule has 8 nitrogen and oxygen atoms in total. The highest BCUT2D eigenvalue weighted by Crippen LogP contribution is 2.37. The first kappa shape index (κ1) is 21.7. The lowest BCUT2D eigenvalue weighted by molar-refractivity contribution is -0.120. The van der Waals surface area contributed by atoms with E-state index in [1.54, 1.807) is 6.07 Å². The zero-order chi connectivity index (χ0) is 22.3. The number of fused-ring (bicyclic) bond motifs is 1. The first-order valence-corrected chi connectivity index (χ1v) is 13.3. The number of nitrogens with one attached hydrogen (secondary N) is 1. The number of hydrogen-bond acceptors (Lipinski definition) is 8. The molecule has 1 amide bonds. The number of benzene rings is 1. The third-order valence-corrected chi connectivity index (χ3v) is 9.72. The van der Waals surface area contributed by atoms with E-state index in [4.69, 9.17) is 21.1 Å².